The zero-order valence-corrected chi connectivity index (χ0v) is 10.9. The van der Waals surface area contributed by atoms with E-state index in [1.165, 1.54) is 11.1 Å². The molecule has 1 N–H and O–H groups in total. The minimum absolute atomic E-state index is 0.215. The van der Waals surface area contributed by atoms with E-state index in [0.29, 0.717) is 11.9 Å². The Bertz CT molecular complexity index is 454. The Labute approximate surface area is 108 Å². The van der Waals surface area contributed by atoms with Crippen molar-refractivity contribution in [3.05, 3.63) is 35.4 Å². The Morgan fingerprint density at radius 3 is 2.67 bits per heavy atom. The number of fused-ring (bicyclic) bond motifs is 1. The van der Waals surface area contributed by atoms with E-state index in [1.807, 2.05) is 11.9 Å². The molecule has 96 valence electrons. The van der Waals surface area contributed by atoms with Crippen LogP contribution in [0, 0.1) is 5.92 Å². The molecule has 1 unspecified atom stereocenters. The van der Waals surface area contributed by atoms with Gasteiger partial charge in [0.2, 0.25) is 5.91 Å². The fraction of sp³-hybridized carbons (Fsp3) is 0.533. The highest BCUT2D eigenvalue weighted by atomic mass is 16.2. The van der Waals surface area contributed by atoms with Crippen LogP contribution in [0.1, 0.15) is 17.5 Å². The summed E-state index contributed by atoms with van der Waals surface area (Å²) < 4.78 is 0. The van der Waals surface area contributed by atoms with Gasteiger partial charge in [-0.2, -0.15) is 0 Å². The van der Waals surface area contributed by atoms with Crippen LogP contribution in [-0.2, 0) is 17.6 Å². The molecule has 1 atom stereocenters. The van der Waals surface area contributed by atoms with Crippen LogP contribution in [0.3, 0.4) is 0 Å². The number of rotatable bonds is 2. The minimum atomic E-state index is 0.215. The molecule has 0 spiro atoms. The number of likely N-dealkylation sites (N-methyl/N-ethyl adjacent to an activating group) is 1. The predicted molar refractivity (Wildman–Crippen MR) is 71.4 cm³/mol. The summed E-state index contributed by atoms with van der Waals surface area (Å²) in [6.07, 6.45) is 3.21. The second kappa shape index (κ2) is 4.73. The van der Waals surface area contributed by atoms with Crippen molar-refractivity contribution in [1.82, 2.24) is 10.2 Å². The first kappa shape index (κ1) is 11.7. The third-order valence-electron chi connectivity index (χ3n) is 4.35. The molecular formula is C15H20N2O. The SMILES string of the molecule is CN(C(=O)C1CNC1)C1CCc2ccccc2C1. The number of benzene rings is 1. The lowest BCUT2D eigenvalue weighted by molar-refractivity contribution is -0.138. The van der Waals surface area contributed by atoms with Gasteiger partial charge in [-0.05, 0) is 30.4 Å². The Balaban J connectivity index is 1.69. The molecule has 0 aromatic heterocycles. The monoisotopic (exact) mass is 244 g/mol. The number of hydrogen-bond acceptors (Lipinski definition) is 2. The molecule has 0 radical (unpaired) electrons. The lowest BCUT2D eigenvalue weighted by Crippen LogP contribution is -2.53. The van der Waals surface area contributed by atoms with Crippen LogP contribution in [0.4, 0.5) is 0 Å². The van der Waals surface area contributed by atoms with Crippen molar-refractivity contribution in [3.8, 4) is 0 Å². The topological polar surface area (TPSA) is 32.3 Å². The average Bonchev–Trinajstić information content (AvgIpc) is 2.35. The summed E-state index contributed by atoms with van der Waals surface area (Å²) in [4.78, 5) is 14.2. The summed E-state index contributed by atoms with van der Waals surface area (Å²) >= 11 is 0. The molecule has 0 bridgehead atoms. The maximum absolute atomic E-state index is 12.2. The Hall–Kier alpha value is -1.35. The quantitative estimate of drug-likeness (QED) is 0.848. The van der Waals surface area contributed by atoms with Crippen molar-refractivity contribution >= 4 is 5.91 Å². The van der Waals surface area contributed by atoms with Gasteiger partial charge in [-0.1, -0.05) is 24.3 Å². The first-order chi connectivity index (χ1) is 8.75. The maximum Gasteiger partial charge on any atom is 0.228 e. The van der Waals surface area contributed by atoms with Gasteiger partial charge < -0.3 is 10.2 Å². The Morgan fingerprint density at radius 2 is 2.00 bits per heavy atom. The Morgan fingerprint density at radius 1 is 1.28 bits per heavy atom. The Kier molecular flexibility index (Phi) is 3.08. The molecule has 18 heavy (non-hydrogen) atoms. The highest BCUT2D eigenvalue weighted by Crippen LogP contribution is 2.25. The number of nitrogens with zero attached hydrogens (tertiary/aromatic N) is 1. The second-order valence-electron chi connectivity index (χ2n) is 5.47. The smallest absolute Gasteiger partial charge is 0.228 e. The molecule has 1 heterocycles. The van der Waals surface area contributed by atoms with E-state index in [1.54, 1.807) is 0 Å². The molecular weight excluding hydrogens is 224 g/mol. The van der Waals surface area contributed by atoms with Gasteiger partial charge in [-0.25, -0.2) is 0 Å². The molecule has 1 amide bonds. The van der Waals surface area contributed by atoms with Crippen LogP contribution in [0.2, 0.25) is 0 Å². The van der Waals surface area contributed by atoms with Gasteiger partial charge in [0, 0.05) is 26.2 Å². The van der Waals surface area contributed by atoms with Crippen molar-refractivity contribution in [2.75, 3.05) is 20.1 Å². The summed E-state index contributed by atoms with van der Waals surface area (Å²) in [6.45, 7) is 1.71. The number of aryl methyl sites for hydroxylation is 1. The molecule has 1 aliphatic carbocycles. The van der Waals surface area contributed by atoms with Crippen LogP contribution < -0.4 is 5.32 Å². The predicted octanol–water partition coefficient (Wildman–Crippen LogP) is 1.22. The highest BCUT2D eigenvalue weighted by Gasteiger charge is 2.32. The summed E-state index contributed by atoms with van der Waals surface area (Å²) in [5, 5.41) is 3.17. The van der Waals surface area contributed by atoms with Gasteiger partial charge in [0.05, 0.1) is 5.92 Å². The minimum Gasteiger partial charge on any atom is -0.342 e. The molecule has 1 saturated heterocycles. The lowest BCUT2D eigenvalue weighted by atomic mass is 9.87. The first-order valence-electron chi connectivity index (χ1n) is 6.80. The zero-order valence-electron chi connectivity index (χ0n) is 10.9. The van der Waals surface area contributed by atoms with E-state index in [0.717, 1.165) is 32.4 Å². The van der Waals surface area contributed by atoms with E-state index in [4.69, 9.17) is 0 Å². The van der Waals surface area contributed by atoms with Crippen LogP contribution in [0.15, 0.2) is 24.3 Å². The molecule has 1 aromatic rings. The summed E-state index contributed by atoms with van der Waals surface area (Å²) in [5.41, 5.74) is 2.88. The molecule has 1 aliphatic heterocycles. The van der Waals surface area contributed by atoms with Gasteiger partial charge in [0.15, 0.2) is 0 Å². The van der Waals surface area contributed by atoms with Gasteiger partial charge in [0.25, 0.3) is 0 Å². The molecule has 1 fully saturated rings. The van der Waals surface area contributed by atoms with Crippen molar-refractivity contribution in [2.45, 2.75) is 25.3 Å². The maximum atomic E-state index is 12.2. The molecule has 3 nitrogen and oxygen atoms in total. The molecule has 1 aromatic carbocycles. The van der Waals surface area contributed by atoms with Crippen LogP contribution >= 0.6 is 0 Å². The fourth-order valence-electron chi connectivity index (χ4n) is 2.94. The van der Waals surface area contributed by atoms with Gasteiger partial charge >= 0.3 is 0 Å². The summed E-state index contributed by atoms with van der Waals surface area (Å²) in [5.74, 6) is 0.533. The second-order valence-corrected chi connectivity index (χ2v) is 5.47. The van der Waals surface area contributed by atoms with E-state index < -0.39 is 0 Å². The van der Waals surface area contributed by atoms with Crippen molar-refractivity contribution in [1.29, 1.82) is 0 Å². The lowest BCUT2D eigenvalue weighted by Gasteiger charge is -2.37. The number of amides is 1. The number of hydrogen-bond donors (Lipinski definition) is 1. The van der Waals surface area contributed by atoms with E-state index in [9.17, 15) is 4.79 Å². The summed E-state index contributed by atoms with van der Waals surface area (Å²) in [7, 11) is 1.97. The van der Waals surface area contributed by atoms with Crippen molar-refractivity contribution < 1.29 is 4.79 Å². The largest absolute Gasteiger partial charge is 0.342 e. The number of nitrogens with one attached hydrogen (secondary N) is 1. The molecule has 2 aliphatic rings. The van der Waals surface area contributed by atoms with Crippen molar-refractivity contribution in [2.24, 2.45) is 5.92 Å². The van der Waals surface area contributed by atoms with E-state index in [2.05, 4.69) is 29.6 Å². The first-order valence-corrected chi connectivity index (χ1v) is 6.80. The highest BCUT2D eigenvalue weighted by molar-refractivity contribution is 5.80. The molecule has 3 rings (SSSR count). The van der Waals surface area contributed by atoms with Crippen LogP contribution in [0.5, 0.6) is 0 Å². The van der Waals surface area contributed by atoms with E-state index >= 15 is 0 Å². The van der Waals surface area contributed by atoms with Gasteiger partial charge in [0.1, 0.15) is 0 Å². The number of carbonyl (C=O) groups is 1. The standard InChI is InChI=1S/C15H20N2O/c1-17(15(18)13-9-16-10-13)14-7-6-11-4-2-3-5-12(11)8-14/h2-5,13-14,16H,6-10H2,1H3. The molecule has 3 heteroatoms. The zero-order chi connectivity index (χ0) is 12.5. The third-order valence-corrected chi connectivity index (χ3v) is 4.35. The number of carbonyl (C=O) groups excluding carboxylic acids is 1. The van der Waals surface area contributed by atoms with Gasteiger partial charge in [-0.15, -0.1) is 0 Å². The van der Waals surface area contributed by atoms with E-state index in [-0.39, 0.29) is 5.92 Å². The third kappa shape index (κ3) is 2.03. The van der Waals surface area contributed by atoms with Crippen molar-refractivity contribution in [3.63, 3.8) is 0 Å². The summed E-state index contributed by atoms with van der Waals surface area (Å²) in [6, 6.07) is 8.99. The fourth-order valence-corrected chi connectivity index (χ4v) is 2.94. The normalized spacial score (nSPS) is 23.1. The average molecular weight is 244 g/mol. The van der Waals surface area contributed by atoms with Gasteiger partial charge in [-0.3, -0.25) is 4.79 Å². The van der Waals surface area contributed by atoms with Crippen LogP contribution in [0.25, 0.3) is 0 Å². The molecule has 0 saturated carbocycles. The van der Waals surface area contributed by atoms with Crippen LogP contribution in [-0.4, -0.2) is 37.0 Å².